The first kappa shape index (κ1) is 88.9. The monoisotopic (exact) mass is 1410 g/mol. The van der Waals surface area contributed by atoms with Crippen LogP contribution in [0.1, 0.15) is 297 Å². The maximum Gasteiger partial charge on any atom is 0.472 e. The molecule has 18 atom stereocenters. The van der Waals surface area contributed by atoms with E-state index in [1.165, 1.54) is 141 Å². The third kappa shape index (κ3) is 37.6. The van der Waals surface area contributed by atoms with Crippen LogP contribution in [0.25, 0.3) is 0 Å². The number of ether oxygens (including phenoxy) is 7. The SMILES string of the molecule is CCCCCCCCC/C=C\CCCCCC(=O)OCC(COP(=O)(O)OC1C(OC2OC(CO)C(O)C(O)C2O)C(O)C(O)C(O)C1OC1OC(COC(=O)CCCCCCCCCCCCCC)C(O)C(O)C1O)OC(=O)CCCCCCCCCCCCCCCCCC. The average Bonchev–Trinajstić information content (AvgIpc) is 0.763. The molecule has 0 radical (unpaired) electrons. The summed E-state index contributed by atoms with van der Waals surface area (Å²) < 4.78 is 65.0. The van der Waals surface area contributed by atoms with Gasteiger partial charge in [-0.05, 0) is 44.9 Å². The molecule has 1 saturated carbocycles. The zero-order chi connectivity index (χ0) is 71.1. The first-order valence-corrected chi connectivity index (χ1v) is 39.5. The van der Waals surface area contributed by atoms with E-state index in [0.29, 0.717) is 19.3 Å². The first-order chi connectivity index (χ1) is 46.8. The van der Waals surface area contributed by atoms with Gasteiger partial charge in [0.2, 0.25) is 0 Å². The lowest BCUT2D eigenvalue weighted by molar-refractivity contribution is -0.360. The third-order valence-corrected chi connectivity index (χ3v) is 19.8. The fourth-order valence-electron chi connectivity index (χ4n) is 12.6. The number of phosphoric ester groups is 1. The molecule has 2 aliphatic heterocycles. The van der Waals surface area contributed by atoms with Crippen LogP contribution < -0.4 is 0 Å². The number of carbonyl (C=O) groups is 3. The zero-order valence-electron chi connectivity index (χ0n) is 59.4. The van der Waals surface area contributed by atoms with Crippen molar-refractivity contribution in [3.8, 4) is 0 Å². The first-order valence-electron chi connectivity index (χ1n) is 38.0. The highest BCUT2D eigenvalue weighted by Crippen LogP contribution is 2.49. The van der Waals surface area contributed by atoms with E-state index in [1.807, 2.05) is 0 Å². The highest BCUT2D eigenvalue weighted by Gasteiger charge is 2.58. The molecule has 0 spiro atoms. The van der Waals surface area contributed by atoms with Crippen LogP contribution in [0.15, 0.2) is 12.2 Å². The number of aliphatic hydroxyl groups excluding tert-OH is 10. The number of esters is 3. The van der Waals surface area contributed by atoms with Gasteiger partial charge in [-0.15, -0.1) is 0 Å². The molecular formula is C72H133O24P. The van der Waals surface area contributed by atoms with Gasteiger partial charge in [0.15, 0.2) is 18.7 Å². The summed E-state index contributed by atoms with van der Waals surface area (Å²) in [5.41, 5.74) is 0. The molecule has 24 nitrogen and oxygen atoms in total. The Bertz CT molecular complexity index is 2060. The van der Waals surface area contributed by atoms with E-state index in [4.69, 9.17) is 42.2 Å². The van der Waals surface area contributed by atoms with Gasteiger partial charge in [0, 0.05) is 19.3 Å². The Morgan fingerprint density at radius 1 is 0.392 bits per heavy atom. The Kier molecular flexibility index (Phi) is 49.8. The Hall–Kier alpha value is -2.30. The van der Waals surface area contributed by atoms with Gasteiger partial charge in [0.1, 0.15) is 98.7 Å². The second kappa shape index (κ2) is 54.4. The van der Waals surface area contributed by atoms with Crippen molar-refractivity contribution < 1.29 is 117 Å². The Labute approximate surface area is 580 Å². The number of rotatable bonds is 59. The van der Waals surface area contributed by atoms with Crippen molar-refractivity contribution in [1.29, 1.82) is 0 Å². The molecule has 0 bridgehead atoms. The van der Waals surface area contributed by atoms with E-state index in [-0.39, 0.29) is 19.3 Å². The minimum atomic E-state index is -5.70. The van der Waals surface area contributed by atoms with Crippen LogP contribution in [0.5, 0.6) is 0 Å². The minimum absolute atomic E-state index is 0.0280. The van der Waals surface area contributed by atoms with E-state index in [2.05, 4.69) is 32.9 Å². The average molecular weight is 1410 g/mol. The van der Waals surface area contributed by atoms with Gasteiger partial charge in [0.05, 0.1) is 13.2 Å². The lowest BCUT2D eigenvalue weighted by Crippen LogP contribution is -2.69. The summed E-state index contributed by atoms with van der Waals surface area (Å²) in [6.45, 7) is 3.44. The number of carbonyl (C=O) groups excluding carboxylic acids is 3. The molecule has 2 heterocycles. The lowest BCUT2D eigenvalue weighted by atomic mass is 9.84. The molecule has 3 aliphatic rings. The third-order valence-electron chi connectivity index (χ3n) is 18.8. The van der Waals surface area contributed by atoms with Gasteiger partial charge >= 0.3 is 25.7 Å². The van der Waals surface area contributed by atoms with E-state index in [9.17, 15) is 74.9 Å². The standard InChI is InChI=1S/C72H133O24P/c1-4-7-10-13-16-19-22-25-27-28-30-33-36-39-42-45-48-58(76)91-53(50-88-56(74)46-43-40-37-35-32-29-26-23-20-17-14-11-8-5-2)51-90-97(86,87)96-70-68(94-71-66(84)61(79)59(77)54(49-73)92-71)64(82)63(81)65(83)69(70)95-72-67(85)62(80)60(78)55(93-72)52-89-57(75)47-44-41-38-34-31-24-21-18-15-12-9-6-3/h29,32,53-55,59-73,77-85H,4-28,30-31,33-52H2,1-3H3,(H,86,87)/b32-29-. The van der Waals surface area contributed by atoms with Gasteiger partial charge < -0.3 is 89.1 Å². The van der Waals surface area contributed by atoms with Gasteiger partial charge in [-0.3, -0.25) is 23.4 Å². The molecule has 0 amide bonds. The molecule has 2 saturated heterocycles. The molecule has 18 unspecified atom stereocenters. The summed E-state index contributed by atoms with van der Waals surface area (Å²) in [7, 11) is -5.70. The predicted octanol–water partition coefficient (Wildman–Crippen LogP) is 10.4. The molecule has 3 fully saturated rings. The van der Waals surface area contributed by atoms with E-state index in [0.717, 1.165) is 96.3 Å². The molecule has 97 heavy (non-hydrogen) atoms. The molecule has 1 aliphatic carbocycles. The molecule has 25 heteroatoms. The summed E-state index contributed by atoms with van der Waals surface area (Å²) in [6.07, 6.45) is 12.8. The van der Waals surface area contributed by atoms with Crippen molar-refractivity contribution in [3.05, 3.63) is 12.2 Å². The van der Waals surface area contributed by atoms with Gasteiger partial charge in [-0.25, -0.2) is 4.57 Å². The van der Waals surface area contributed by atoms with Crippen LogP contribution in [-0.2, 0) is 61.2 Å². The maximum atomic E-state index is 14.3. The fraction of sp³-hybridized carbons (Fsp3) is 0.931. The Morgan fingerprint density at radius 2 is 0.722 bits per heavy atom. The molecule has 0 aromatic carbocycles. The zero-order valence-corrected chi connectivity index (χ0v) is 60.3. The number of hydrogen-bond donors (Lipinski definition) is 11. The van der Waals surface area contributed by atoms with Crippen molar-refractivity contribution >= 4 is 25.7 Å². The number of phosphoric acid groups is 1. The van der Waals surface area contributed by atoms with Crippen LogP contribution >= 0.6 is 7.82 Å². The quantitative estimate of drug-likeness (QED) is 0.00886. The fourth-order valence-corrected chi connectivity index (χ4v) is 13.5. The summed E-state index contributed by atoms with van der Waals surface area (Å²) in [4.78, 5) is 51.0. The minimum Gasteiger partial charge on any atom is -0.463 e. The molecule has 570 valence electrons. The van der Waals surface area contributed by atoms with Gasteiger partial charge in [-0.1, -0.05) is 245 Å². The van der Waals surface area contributed by atoms with Crippen molar-refractivity contribution in [3.63, 3.8) is 0 Å². The second-order valence-electron chi connectivity index (χ2n) is 27.4. The summed E-state index contributed by atoms with van der Waals surface area (Å²) in [5.74, 6) is -2.00. The van der Waals surface area contributed by atoms with Crippen molar-refractivity contribution in [2.75, 3.05) is 26.4 Å². The van der Waals surface area contributed by atoms with Crippen molar-refractivity contribution in [2.45, 2.75) is 401 Å². The lowest BCUT2D eigenvalue weighted by Gasteiger charge is -2.49. The molecule has 3 rings (SSSR count). The molecule has 0 aromatic rings. The smallest absolute Gasteiger partial charge is 0.463 e. The molecule has 0 aromatic heterocycles. The molecular weight excluding hydrogens is 1280 g/mol. The van der Waals surface area contributed by atoms with Crippen LogP contribution in [0.3, 0.4) is 0 Å². The van der Waals surface area contributed by atoms with Crippen LogP contribution in [0.2, 0.25) is 0 Å². The molecule has 11 N–H and O–H groups in total. The summed E-state index contributed by atoms with van der Waals surface area (Å²) in [6, 6.07) is 0. The predicted molar refractivity (Wildman–Crippen MR) is 365 cm³/mol. The number of allylic oxidation sites excluding steroid dienone is 2. The van der Waals surface area contributed by atoms with E-state index in [1.54, 1.807) is 0 Å². The van der Waals surface area contributed by atoms with E-state index >= 15 is 0 Å². The van der Waals surface area contributed by atoms with Gasteiger partial charge in [-0.2, -0.15) is 0 Å². The van der Waals surface area contributed by atoms with E-state index < -0.39 is 156 Å². The van der Waals surface area contributed by atoms with Gasteiger partial charge in [0.25, 0.3) is 0 Å². The topological polar surface area (TPSA) is 374 Å². The number of unbranched alkanes of at least 4 members (excludes halogenated alkanes) is 36. The van der Waals surface area contributed by atoms with Crippen molar-refractivity contribution in [1.82, 2.24) is 0 Å². The van der Waals surface area contributed by atoms with Crippen LogP contribution in [0.4, 0.5) is 0 Å². The Balaban J connectivity index is 1.74. The maximum absolute atomic E-state index is 14.3. The summed E-state index contributed by atoms with van der Waals surface area (Å²) >= 11 is 0. The second-order valence-corrected chi connectivity index (χ2v) is 28.8. The van der Waals surface area contributed by atoms with Crippen LogP contribution in [0, 0.1) is 0 Å². The highest BCUT2D eigenvalue weighted by molar-refractivity contribution is 7.47. The normalized spacial score (nSPS) is 27.8. The summed E-state index contributed by atoms with van der Waals surface area (Å²) in [5, 5.41) is 110. The largest absolute Gasteiger partial charge is 0.472 e. The Morgan fingerprint density at radius 3 is 1.12 bits per heavy atom. The number of hydrogen-bond acceptors (Lipinski definition) is 23. The number of aliphatic hydroxyl groups is 10. The highest BCUT2D eigenvalue weighted by atomic mass is 31.2. The van der Waals surface area contributed by atoms with Crippen LogP contribution in [-0.4, -0.2) is 204 Å². The van der Waals surface area contributed by atoms with Crippen molar-refractivity contribution in [2.24, 2.45) is 0 Å².